The van der Waals surface area contributed by atoms with Gasteiger partial charge in [-0.25, -0.2) is 0 Å². The Labute approximate surface area is 77.8 Å². The van der Waals surface area contributed by atoms with Crippen molar-refractivity contribution in [1.82, 2.24) is 0 Å². The second-order valence-electron chi connectivity index (χ2n) is 2.68. The molecule has 5 heteroatoms. The summed E-state index contributed by atoms with van der Waals surface area (Å²) in [6.07, 6.45) is 0.513. The molecular formula is C7H14ClNO3. The molecular weight excluding hydrogens is 182 g/mol. The van der Waals surface area contributed by atoms with Crippen molar-refractivity contribution >= 4 is 18.4 Å². The summed E-state index contributed by atoms with van der Waals surface area (Å²) in [5.74, 6) is -0.295. The normalized spacial score (nSPS) is 28.8. The van der Waals surface area contributed by atoms with Crippen molar-refractivity contribution in [3.8, 4) is 0 Å². The molecule has 0 saturated carbocycles. The van der Waals surface area contributed by atoms with Crippen molar-refractivity contribution in [2.24, 2.45) is 5.73 Å². The zero-order valence-electron chi connectivity index (χ0n) is 6.99. The lowest BCUT2D eigenvalue weighted by Crippen LogP contribution is -2.45. The van der Waals surface area contributed by atoms with Crippen LogP contribution in [0.1, 0.15) is 13.3 Å². The summed E-state index contributed by atoms with van der Waals surface area (Å²) in [4.78, 5) is 10.5. The molecule has 1 heterocycles. The SMILES string of the molecule is CC(=O)OC1COCCC1N.Cl. The van der Waals surface area contributed by atoms with Gasteiger partial charge in [-0.15, -0.1) is 12.4 Å². The molecule has 2 atom stereocenters. The van der Waals surface area contributed by atoms with Crippen LogP contribution in [-0.4, -0.2) is 31.3 Å². The topological polar surface area (TPSA) is 61.5 Å². The predicted octanol–water partition coefficient (Wildman–Crippen LogP) is 0.0875. The van der Waals surface area contributed by atoms with E-state index in [2.05, 4.69) is 0 Å². The Kier molecular flexibility index (Phi) is 5.20. The van der Waals surface area contributed by atoms with Crippen LogP contribution in [0.5, 0.6) is 0 Å². The van der Waals surface area contributed by atoms with Gasteiger partial charge in [0.05, 0.1) is 6.61 Å². The number of ether oxygens (including phenoxy) is 2. The van der Waals surface area contributed by atoms with Crippen LogP contribution in [0.25, 0.3) is 0 Å². The lowest BCUT2D eigenvalue weighted by Gasteiger charge is -2.27. The molecule has 1 rings (SSSR count). The summed E-state index contributed by atoms with van der Waals surface area (Å²) in [6, 6.07) is -0.0624. The number of halogens is 1. The molecule has 2 unspecified atom stereocenters. The van der Waals surface area contributed by atoms with Gasteiger partial charge in [0.2, 0.25) is 0 Å². The smallest absolute Gasteiger partial charge is 0.303 e. The number of carbonyl (C=O) groups excluding carboxylic acids is 1. The van der Waals surface area contributed by atoms with E-state index >= 15 is 0 Å². The molecule has 4 nitrogen and oxygen atoms in total. The summed E-state index contributed by atoms with van der Waals surface area (Å²) < 4.78 is 10.0. The van der Waals surface area contributed by atoms with Gasteiger partial charge in [0, 0.05) is 19.6 Å². The van der Waals surface area contributed by atoms with Crippen LogP contribution in [0, 0.1) is 0 Å². The highest BCUT2D eigenvalue weighted by atomic mass is 35.5. The van der Waals surface area contributed by atoms with E-state index < -0.39 is 0 Å². The Bertz CT molecular complexity index is 154. The molecule has 1 saturated heterocycles. The van der Waals surface area contributed by atoms with E-state index in [0.717, 1.165) is 6.42 Å². The van der Waals surface area contributed by atoms with Crippen LogP contribution in [0.3, 0.4) is 0 Å². The molecule has 1 aliphatic rings. The van der Waals surface area contributed by atoms with Gasteiger partial charge in [-0.05, 0) is 6.42 Å². The molecule has 0 aromatic rings. The van der Waals surface area contributed by atoms with E-state index in [1.165, 1.54) is 6.92 Å². The summed E-state index contributed by atoms with van der Waals surface area (Å²) >= 11 is 0. The molecule has 72 valence electrons. The highest BCUT2D eigenvalue weighted by molar-refractivity contribution is 5.85. The van der Waals surface area contributed by atoms with Gasteiger partial charge >= 0.3 is 5.97 Å². The van der Waals surface area contributed by atoms with E-state index in [9.17, 15) is 4.79 Å². The average molecular weight is 196 g/mol. The minimum absolute atomic E-state index is 0. The maximum Gasteiger partial charge on any atom is 0.303 e. The van der Waals surface area contributed by atoms with E-state index in [0.29, 0.717) is 13.2 Å². The maximum atomic E-state index is 10.5. The summed E-state index contributed by atoms with van der Waals surface area (Å²) in [5.41, 5.74) is 5.67. The van der Waals surface area contributed by atoms with Gasteiger partial charge in [-0.1, -0.05) is 0 Å². The predicted molar refractivity (Wildman–Crippen MR) is 46.2 cm³/mol. The molecule has 0 aromatic heterocycles. The molecule has 0 amide bonds. The molecule has 2 N–H and O–H groups in total. The number of esters is 1. The highest BCUT2D eigenvalue weighted by Gasteiger charge is 2.24. The molecule has 0 aliphatic carbocycles. The van der Waals surface area contributed by atoms with Crippen LogP contribution in [0.15, 0.2) is 0 Å². The van der Waals surface area contributed by atoms with Crippen molar-refractivity contribution in [3.63, 3.8) is 0 Å². The highest BCUT2D eigenvalue weighted by Crippen LogP contribution is 2.08. The number of carbonyl (C=O) groups is 1. The second-order valence-corrected chi connectivity index (χ2v) is 2.68. The Morgan fingerprint density at radius 1 is 1.67 bits per heavy atom. The van der Waals surface area contributed by atoms with Gasteiger partial charge in [-0.2, -0.15) is 0 Å². The molecule has 1 aliphatic heterocycles. The second kappa shape index (κ2) is 5.35. The monoisotopic (exact) mass is 195 g/mol. The first-order valence-electron chi connectivity index (χ1n) is 3.70. The molecule has 12 heavy (non-hydrogen) atoms. The number of rotatable bonds is 1. The van der Waals surface area contributed by atoms with E-state index in [1.54, 1.807) is 0 Å². The van der Waals surface area contributed by atoms with Crippen molar-refractivity contribution < 1.29 is 14.3 Å². The Hall–Kier alpha value is -0.320. The molecule has 0 bridgehead atoms. The van der Waals surface area contributed by atoms with Gasteiger partial charge in [0.15, 0.2) is 0 Å². The number of hydrogen-bond donors (Lipinski definition) is 1. The average Bonchev–Trinajstić information content (AvgIpc) is 1.93. The van der Waals surface area contributed by atoms with E-state index in [-0.39, 0.29) is 30.5 Å². The minimum Gasteiger partial charge on any atom is -0.458 e. The van der Waals surface area contributed by atoms with Crippen LogP contribution in [0.2, 0.25) is 0 Å². The number of hydrogen-bond acceptors (Lipinski definition) is 4. The standard InChI is InChI=1S/C7H13NO3.ClH/c1-5(9)11-7-4-10-3-2-6(7)8;/h6-7H,2-4,8H2,1H3;1H. The maximum absolute atomic E-state index is 10.5. The lowest BCUT2D eigenvalue weighted by molar-refractivity contribution is -0.154. The lowest BCUT2D eigenvalue weighted by atomic mass is 10.1. The first-order chi connectivity index (χ1) is 5.20. The first kappa shape index (κ1) is 11.7. The quantitative estimate of drug-likeness (QED) is 0.603. The van der Waals surface area contributed by atoms with Crippen LogP contribution < -0.4 is 5.73 Å². The summed E-state index contributed by atoms with van der Waals surface area (Å²) in [7, 11) is 0. The fourth-order valence-electron chi connectivity index (χ4n) is 1.06. The first-order valence-corrected chi connectivity index (χ1v) is 3.70. The van der Waals surface area contributed by atoms with Crippen molar-refractivity contribution in [2.45, 2.75) is 25.5 Å². The van der Waals surface area contributed by atoms with Crippen LogP contribution >= 0.6 is 12.4 Å². The molecule has 1 fully saturated rings. The Morgan fingerprint density at radius 2 is 2.33 bits per heavy atom. The largest absolute Gasteiger partial charge is 0.458 e. The van der Waals surface area contributed by atoms with Crippen LogP contribution in [-0.2, 0) is 14.3 Å². The summed E-state index contributed by atoms with van der Waals surface area (Å²) in [6.45, 7) is 2.47. The summed E-state index contributed by atoms with van der Waals surface area (Å²) in [5, 5.41) is 0. The van der Waals surface area contributed by atoms with Crippen molar-refractivity contribution in [2.75, 3.05) is 13.2 Å². The molecule has 0 spiro atoms. The molecule has 0 radical (unpaired) electrons. The van der Waals surface area contributed by atoms with Gasteiger partial charge in [0.25, 0.3) is 0 Å². The Morgan fingerprint density at radius 3 is 2.83 bits per heavy atom. The fraction of sp³-hybridized carbons (Fsp3) is 0.857. The number of nitrogens with two attached hydrogens (primary N) is 1. The van der Waals surface area contributed by atoms with Crippen molar-refractivity contribution in [1.29, 1.82) is 0 Å². The zero-order chi connectivity index (χ0) is 8.27. The zero-order valence-corrected chi connectivity index (χ0v) is 7.80. The molecule has 0 aromatic carbocycles. The van der Waals surface area contributed by atoms with Crippen molar-refractivity contribution in [3.05, 3.63) is 0 Å². The fourth-order valence-corrected chi connectivity index (χ4v) is 1.06. The Balaban J connectivity index is 0.00000121. The van der Waals surface area contributed by atoms with E-state index in [4.69, 9.17) is 15.2 Å². The third kappa shape index (κ3) is 3.38. The third-order valence-corrected chi connectivity index (χ3v) is 1.67. The van der Waals surface area contributed by atoms with E-state index in [1.807, 2.05) is 0 Å². The van der Waals surface area contributed by atoms with Gasteiger partial charge < -0.3 is 15.2 Å². The van der Waals surface area contributed by atoms with Gasteiger partial charge in [-0.3, -0.25) is 4.79 Å². The third-order valence-electron chi connectivity index (χ3n) is 1.67. The minimum atomic E-state index is -0.295. The van der Waals surface area contributed by atoms with Gasteiger partial charge in [0.1, 0.15) is 6.10 Å². The van der Waals surface area contributed by atoms with Crippen LogP contribution in [0.4, 0.5) is 0 Å².